The van der Waals surface area contributed by atoms with E-state index < -0.39 is 0 Å². The summed E-state index contributed by atoms with van der Waals surface area (Å²) in [5.41, 5.74) is 2.76. The van der Waals surface area contributed by atoms with Crippen molar-refractivity contribution in [1.82, 2.24) is 5.32 Å². The minimum absolute atomic E-state index is 0.0827. The van der Waals surface area contributed by atoms with E-state index in [1.807, 2.05) is 7.05 Å². The number of nitrogens with one attached hydrogen (secondary N) is 1. The smallest absolute Gasteiger partial charge is 0.0668 e. The quantitative estimate of drug-likeness (QED) is 0.864. The second-order valence-corrected chi connectivity index (χ2v) is 6.56. The van der Waals surface area contributed by atoms with E-state index >= 15 is 0 Å². The first-order chi connectivity index (χ1) is 8.99. The Hall–Kier alpha value is -0.860. The van der Waals surface area contributed by atoms with Gasteiger partial charge in [0.2, 0.25) is 0 Å². The number of likely N-dealkylation sites (N-methyl/N-ethyl adjacent to an activating group) is 1. The molecule has 0 heterocycles. The van der Waals surface area contributed by atoms with Gasteiger partial charge in [-0.15, -0.1) is 0 Å². The van der Waals surface area contributed by atoms with E-state index in [0.29, 0.717) is 6.61 Å². The topological polar surface area (TPSA) is 21.3 Å². The van der Waals surface area contributed by atoms with Crippen LogP contribution in [-0.2, 0) is 4.74 Å². The van der Waals surface area contributed by atoms with Crippen LogP contribution in [0.15, 0.2) is 24.3 Å². The monoisotopic (exact) mass is 261 g/mol. The molecule has 0 spiro atoms. The highest BCUT2D eigenvalue weighted by molar-refractivity contribution is 5.29. The van der Waals surface area contributed by atoms with Crippen molar-refractivity contribution >= 4 is 0 Å². The molecular formula is C17H27NO. The van der Waals surface area contributed by atoms with Gasteiger partial charge >= 0.3 is 0 Å². The minimum Gasteiger partial charge on any atom is -0.374 e. The van der Waals surface area contributed by atoms with E-state index in [2.05, 4.69) is 50.4 Å². The van der Waals surface area contributed by atoms with Gasteiger partial charge in [0.25, 0.3) is 0 Å². The molecule has 1 unspecified atom stereocenters. The van der Waals surface area contributed by atoms with Gasteiger partial charge in [-0.3, -0.25) is 0 Å². The highest BCUT2D eigenvalue weighted by Crippen LogP contribution is 2.37. The molecule has 1 aliphatic carbocycles. The molecule has 1 aromatic carbocycles. The average molecular weight is 261 g/mol. The van der Waals surface area contributed by atoms with E-state index in [1.165, 1.54) is 30.4 Å². The number of benzene rings is 1. The molecule has 0 amide bonds. The number of ether oxygens (including phenoxy) is 1. The van der Waals surface area contributed by atoms with Gasteiger partial charge in [0.05, 0.1) is 18.2 Å². The Morgan fingerprint density at radius 1 is 1.32 bits per heavy atom. The zero-order valence-electron chi connectivity index (χ0n) is 12.7. The number of hydrogen-bond donors (Lipinski definition) is 1. The summed E-state index contributed by atoms with van der Waals surface area (Å²) in [5, 5.41) is 3.37. The van der Waals surface area contributed by atoms with Crippen molar-refractivity contribution in [2.24, 2.45) is 0 Å². The molecule has 1 fully saturated rings. The third kappa shape index (κ3) is 4.05. The summed E-state index contributed by atoms with van der Waals surface area (Å²) in [4.78, 5) is 0. The lowest BCUT2D eigenvalue weighted by Gasteiger charge is -2.28. The van der Waals surface area contributed by atoms with Crippen LogP contribution in [0.3, 0.4) is 0 Å². The molecule has 2 nitrogen and oxygen atoms in total. The molecule has 1 saturated carbocycles. The van der Waals surface area contributed by atoms with E-state index in [-0.39, 0.29) is 11.6 Å². The van der Waals surface area contributed by atoms with Gasteiger partial charge in [0.15, 0.2) is 0 Å². The van der Waals surface area contributed by atoms with Crippen molar-refractivity contribution in [3.63, 3.8) is 0 Å². The lowest BCUT2D eigenvalue weighted by atomic mass is 9.79. The van der Waals surface area contributed by atoms with Gasteiger partial charge in [-0.25, -0.2) is 0 Å². The molecule has 1 N–H and O–H groups in total. The molecule has 0 bridgehead atoms. The molecule has 0 aliphatic heterocycles. The van der Waals surface area contributed by atoms with Gasteiger partial charge in [-0.2, -0.15) is 0 Å². The van der Waals surface area contributed by atoms with Crippen molar-refractivity contribution in [3.8, 4) is 0 Å². The predicted molar refractivity (Wildman–Crippen MR) is 80.5 cm³/mol. The molecule has 0 aromatic heterocycles. The summed E-state index contributed by atoms with van der Waals surface area (Å²) in [6.45, 7) is 7.02. The molecule has 2 rings (SSSR count). The number of hydrogen-bond acceptors (Lipinski definition) is 2. The summed E-state index contributed by atoms with van der Waals surface area (Å²) in [6.07, 6.45) is 4.09. The predicted octanol–water partition coefficient (Wildman–Crippen LogP) is 4.03. The molecule has 2 heteroatoms. The van der Waals surface area contributed by atoms with Crippen molar-refractivity contribution in [1.29, 1.82) is 0 Å². The molecule has 1 aliphatic rings. The first-order valence-corrected chi connectivity index (χ1v) is 7.40. The third-order valence-electron chi connectivity index (χ3n) is 3.92. The summed E-state index contributed by atoms with van der Waals surface area (Å²) in [7, 11) is 2.01. The Labute approximate surface area is 117 Å². The van der Waals surface area contributed by atoms with Crippen LogP contribution in [0.5, 0.6) is 0 Å². The third-order valence-corrected chi connectivity index (χ3v) is 3.92. The van der Waals surface area contributed by atoms with Gasteiger partial charge in [0.1, 0.15) is 0 Å². The normalized spacial score (nSPS) is 18.1. The largest absolute Gasteiger partial charge is 0.374 e. The SMILES string of the molecule is CNC(COC(C)(C)C)c1cccc(C2CCC2)c1. The Kier molecular flexibility index (Phi) is 4.64. The molecule has 1 atom stereocenters. The molecule has 19 heavy (non-hydrogen) atoms. The van der Waals surface area contributed by atoms with Gasteiger partial charge in [-0.05, 0) is 57.7 Å². The van der Waals surface area contributed by atoms with Gasteiger partial charge in [0, 0.05) is 0 Å². The first kappa shape index (κ1) is 14.5. The van der Waals surface area contributed by atoms with Crippen molar-refractivity contribution in [2.45, 2.75) is 57.6 Å². The second-order valence-electron chi connectivity index (χ2n) is 6.56. The van der Waals surface area contributed by atoms with Crippen LogP contribution < -0.4 is 5.32 Å². The zero-order valence-corrected chi connectivity index (χ0v) is 12.7. The fourth-order valence-corrected chi connectivity index (χ4v) is 2.45. The Balaban J connectivity index is 2.05. The van der Waals surface area contributed by atoms with Crippen LogP contribution in [0.1, 0.15) is 63.1 Å². The zero-order chi connectivity index (χ0) is 13.9. The maximum Gasteiger partial charge on any atom is 0.0668 e. The maximum absolute atomic E-state index is 5.91. The maximum atomic E-state index is 5.91. The Bertz CT molecular complexity index is 404. The summed E-state index contributed by atoms with van der Waals surface area (Å²) < 4.78 is 5.91. The van der Waals surface area contributed by atoms with Crippen LogP contribution in [-0.4, -0.2) is 19.3 Å². The van der Waals surface area contributed by atoms with Crippen molar-refractivity contribution in [2.75, 3.05) is 13.7 Å². The molecule has 106 valence electrons. The van der Waals surface area contributed by atoms with Crippen LogP contribution in [0.4, 0.5) is 0 Å². The summed E-state index contributed by atoms with van der Waals surface area (Å²) >= 11 is 0. The average Bonchev–Trinajstić information content (AvgIpc) is 2.26. The standard InChI is InChI=1S/C17H27NO/c1-17(2,3)19-12-16(18-4)15-10-6-9-14(11-15)13-7-5-8-13/h6,9-11,13,16,18H,5,7-8,12H2,1-4H3. The first-order valence-electron chi connectivity index (χ1n) is 7.40. The molecule has 0 saturated heterocycles. The van der Waals surface area contributed by atoms with Crippen LogP contribution in [0, 0.1) is 0 Å². The Morgan fingerprint density at radius 3 is 2.58 bits per heavy atom. The Morgan fingerprint density at radius 2 is 2.05 bits per heavy atom. The van der Waals surface area contributed by atoms with Crippen LogP contribution in [0.25, 0.3) is 0 Å². The van der Waals surface area contributed by atoms with Crippen molar-refractivity contribution < 1.29 is 4.74 Å². The van der Waals surface area contributed by atoms with E-state index in [4.69, 9.17) is 4.74 Å². The van der Waals surface area contributed by atoms with E-state index in [1.54, 1.807) is 0 Å². The highest BCUT2D eigenvalue weighted by Gasteiger charge is 2.21. The number of rotatable bonds is 5. The van der Waals surface area contributed by atoms with Crippen LogP contribution in [0.2, 0.25) is 0 Å². The van der Waals surface area contributed by atoms with Gasteiger partial charge < -0.3 is 10.1 Å². The molecule has 1 aromatic rings. The second kappa shape index (κ2) is 6.06. The van der Waals surface area contributed by atoms with Crippen molar-refractivity contribution in [3.05, 3.63) is 35.4 Å². The fourth-order valence-electron chi connectivity index (χ4n) is 2.45. The van der Waals surface area contributed by atoms with Gasteiger partial charge in [-0.1, -0.05) is 30.7 Å². The van der Waals surface area contributed by atoms with E-state index in [0.717, 1.165) is 5.92 Å². The summed E-state index contributed by atoms with van der Waals surface area (Å²) in [5.74, 6) is 0.793. The van der Waals surface area contributed by atoms with Crippen LogP contribution >= 0.6 is 0 Å². The highest BCUT2D eigenvalue weighted by atomic mass is 16.5. The molecular weight excluding hydrogens is 234 g/mol. The molecule has 0 radical (unpaired) electrons. The van der Waals surface area contributed by atoms with E-state index in [9.17, 15) is 0 Å². The summed E-state index contributed by atoms with van der Waals surface area (Å²) in [6, 6.07) is 9.29. The lowest BCUT2D eigenvalue weighted by molar-refractivity contribution is -0.0139. The minimum atomic E-state index is -0.0827. The fraction of sp³-hybridized carbons (Fsp3) is 0.647. The lowest BCUT2D eigenvalue weighted by Crippen LogP contribution is -2.28.